The van der Waals surface area contributed by atoms with E-state index in [4.69, 9.17) is 21.6 Å². The predicted octanol–water partition coefficient (Wildman–Crippen LogP) is 4.10. The largest absolute Gasteiger partial charge is 0.477 e. The molecule has 0 aliphatic rings. The van der Waals surface area contributed by atoms with Crippen molar-refractivity contribution in [2.45, 2.75) is 0 Å². The Balaban J connectivity index is 2.19. The first-order valence-electron chi connectivity index (χ1n) is 5.97. The highest BCUT2D eigenvalue weighted by Gasteiger charge is 2.11. The van der Waals surface area contributed by atoms with Crippen molar-refractivity contribution >= 4 is 45.8 Å². The Morgan fingerprint density at radius 2 is 2.10 bits per heavy atom. The molecule has 1 N–H and O–H groups in total. The molecule has 6 heteroatoms. The van der Waals surface area contributed by atoms with Gasteiger partial charge in [0.1, 0.15) is 11.8 Å². The first-order chi connectivity index (χ1) is 10.1. The Morgan fingerprint density at radius 1 is 1.33 bits per heavy atom. The smallest absolute Gasteiger partial charge is 0.255 e. The summed E-state index contributed by atoms with van der Waals surface area (Å²) in [5.74, 6) is 0.158. The molecule has 0 atom stereocenters. The van der Waals surface area contributed by atoms with E-state index in [9.17, 15) is 4.79 Å². The molecule has 0 unspecified atom stereocenters. The Kier molecular flexibility index (Phi) is 5.42. The molecular formula is C15H10ClIN2O2. The monoisotopic (exact) mass is 412 g/mol. The maximum atomic E-state index is 12.2. The molecule has 106 valence electrons. The molecule has 0 fully saturated rings. The van der Waals surface area contributed by atoms with Gasteiger partial charge in [0.15, 0.2) is 6.61 Å². The van der Waals surface area contributed by atoms with Crippen molar-refractivity contribution < 1.29 is 9.53 Å². The highest BCUT2D eigenvalue weighted by atomic mass is 127. The van der Waals surface area contributed by atoms with Gasteiger partial charge in [-0.15, -0.1) is 0 Å². The number of ether oxygens (including phenoxy) is 1. The second-order valence-electron chi connectivity index (χ2n) is 4.03. The molecule has 0 bridgehead atoms. The highest BCUT2D eigenvalue weighted by Crippen LogP contribution is 2.25. The molecule has 0 spiro atoms. The molecule has 2 aromatic carbocycles. The zero-order valence-corrected chi connectivity index (χ0v) is 13.7. The molecular weight excluding hydrogens is 403 g/mol. The maximum absolute atomic E-state index is 12.2. The molecule has 0 aliphatic heterocycles. The van der Waals surface area contributed by atoms with Crippen LogP contribution in [0.3, 0.4) is 0 Å². The van der Waals surface area contributed by atoms with Crippen molar-refractivity contribution in [3.05, 3.63) is 56.6 Å². The van der Waals surface area contributed by atoms with E-state index in [1.165, 1.54) is 0 Å². The number of nitrogens with zero attached hydrogens (tertiary/aromatic N) is 1. The van der Waals surface area contributed by atoms with Crippen LogP contribution >= 0.6 is 34.2 Å². The van der Waals surface area contributed by atoms with E-state index in [1.54, 1.807) is 42.5 Å². The number of halogens is 2. The molecule has 0 saturated carbocycles. The van der Waals surface area contributed by atoms with Crippen LogP contribution < -0.4 is 10.1 Å². The number of benzene rings is 2. The molecule has 0 heterocycles. The lowest BCUT2D eigenvalue weighted by molar-refractivity contribution is 0.102. The van der Waals surface area contributed by atoms with Crippen molar-refractivity contribution in [3.63, 3.8) is 0 Å². The van der Waals surface area contributed by atoms with Gasteiger partial charge in [0, 0.05) is 9.13 Å². The second-order valence-corrected chi connectivity index (χ2v) is 5.60. The average Bonchev–Trinajstić information content (AvgIpc) is 2.49. The van der Waals surface area contributed by atoms with Gasteiger partial charge < -0.3 is 10.1 Å². The normalized spacial score (nSPS) is 9.76. The summed E-state index contributed by atoms with van der Waals surface area (Å²) in [6.45, 7) is -0.0811. The SMILES string of the molecule is N#CCOc1ccccc1NC(=O)c1ccc(I)c(Cl)c1. The van der Waals surface area contributed by atoms with Crippen molar-refractivity contribution in [3.8, 4) is 11.8 Å². The van der Waals surface area contributed by atoms with Gasteiger partial charge in [0.05, 0.1) is 10.7 Å². The number of nitriles is 1. The minimum Gasteiger partial charge on any atom is -0.477 e. The third-order valence-corrected chi connectivity index (χ3v) is 4.18. The molecule has 4 nitrogen and oxygen atoms in total. The first kappa shape index (κ1) is 15.6. The van der Waals surface area contributed by atoms with Crippen LogP contribution in [0.5, 0.6) is 5.75 Å². The molecule has 0 aromatic heterocycles. The fraction of sp³-hybridized carbons (Fsp3) is 0.0667. The Bertz CT molecular complexity index is 713. The molecule has 21 heavy (non-hydrogen) atoms. The summed E-state index contributed by atoms with van der Waals surface area (Å²) in [5.41, 5.74) is 0.961. The van der Waals surface area contributed by atoms with Gasteiger partial charge in [-0.2, -0.15) is 5.26 Å². The third kappa shape index (κ3) is 4.09. The first-order valence-corrected chi connectivity index (χ1v) is 7.42. The number of hydrogen-bond donors (Lipinski definition) is 1. The minimum atomic E-state index is -0.290. The molecule has 0 radical (unpaired) electrons. The summed E-state index contributed by atoms with van der Waals surface area (Å²) in [7, 11) is 0. The van der Waals surface area contributed by atoms with Crippen molar-refractivity contribution in [2.75, 3.05) is 11.9 Å². The number of nitrogens with one attached hydrogen (secondary N) is 1. The van der Waals surface area contributed by atoms with Crippen LogP contribution in [0.4, 0.5) is 5.69 Å². The molecule has 2 rings (SSSR count). The summed E-state index contributed by atoms with van der Waals surface area (Å²) in [5, 5.41) is 11.8. The average molecular weight is 413 g/mol. The van der Waals surface area contributed by atoms with Crippen molar-refractivity contribution in [1.29, 1.82) is 5.26 Å². The van der Waals surface area contributed by atoms with Gasteiger partial charge in [-0.1, -0.05) is 23.7 Å². The Morgan fingerprint density at radius 3 is 2.81 bits per heavy atom. The van der Waals surface area contributed by atoms with Gasteiger partial charge in [-0.3, -0.25) is 4.79 Å². The molecule has 1 amide bonds. The van der Waals surface area contributed by atoms with Crippen LogP contribution in [-0.4, -0.2) is 12.5 Å². The summed E-state index contributed by atoms with van der Waals surface area (Å²) in [6, 6.07) is 13.9. The van der Waals surface area contributed by atoms with Gasteiger partial charge in [0.2, 0.25) is 0 Å². The zero-order valence-electron chi connectivity index (χ0n) is 10.8. The van der Waals surface area contributed by atoms with Gasteiger partial charge in [-0.25, -0.2) is 0 Å². The standard InChI is InChI=1S/C15H10ClIN2O2/c16-11-9-10(5-6-12(11)17)15(20)19-13-3-1-2-4-14(13)21-8-7-18/h1-6,9H,8H2,(H,19,20). The van der Waals surface area contributed by atoms with E-state index in [-0.39, 0.29) is 12.5 Å². The number of rotatable bonds is 4. The van der Waals surface area contributed by atoms with Crippen LogP contribution in [0.25, 0.3) is 0 Å². The van der Waals surface area contributed by atoms with Crippen LogP contribution in [-0.2, 0) is 0 Å². The van der Waals surface area contributed by atoms with Crippen LogP contribution in [0.1, 0.15) is 10.4 Å². The third-order valence-electron chi connectivity index (χ3n) is 2.61. The Hall–Kier alpha value is -1.78. The summed E-state index contributed by atoms with van der Waals surface area (Å²) in [4.78, 5) is 12.2. The summed E-state index contributed by atoms with van der Waals surface area (Å²) >= 11 is 8.11. The number of hydrogen-bond acceptors (Lipinski definition) is 3. The number of para-hydroxylation sites is 2. The quantitative estimate of drug-likeness (QED) is 0.769. The van der Waals surface area contributed by atoms with Crippen LogP contribution in [0.15, 0.2) is 42.5 Å². The molecule has 0 aliphatic carbocycles. The van der Waals surface area contributed by atoms with Crippen molar-refractivity contribution in [2.24, 2.45) is 0 Å². The molecule has 2 aromatic rings. The summed E-state index contributed by atoms with van der Waals surface area (Å²) < 4.78 is 6.14. The minimum absolute atomic E-state index is 0.0811. The fourth-order valence-corrected chi connectivity index (χ4v) is 2.15. The second kappa shape index (κ2) is 7.29. The lowest BCUT2D eigenvalue weighted by Crippen LogP contribution is -2.13. The molecule has 0 saturated heterocycles. The number of carbonyl (C=O) groups excluding carboxylic acids is 1. The van der Waals surface area contributed by atoms with Crippen molar-refractivity contribution in [1.82, 2.24) is 0 Å². The lowest BCUT2D eigenvalue weighted by Gasteiger charge is -2.11. The maximum Gasteiger partial charge on any atom is 0.255 e. The Labute approximate surface area is 140 Å². The topological polar surface area (TPSA) is 62.1 Å². The lowest BCUT2D eigenvalue weighted by atomic mass is 10.2. The van der Waals surface area contributed by atoms with Gasteiger partial charge in [0.25, 0.3) is 5.91 Å². The van der Waals surface area contributed by atoms with Gasteiger partial charge >= 0.3 is 0 Å². The van der Waals surface area contributed by atoms with Crippen LogP contribution in [0.2, 0.25) is 5.02 Å². The predicted molar refractivity (Wildman–Crippen MR) is 89.7 cm³/mol. The van der Waals surface area contributed by atoms with E-state index < -0.39 is 0 Å². The van der Waals surface area contributed by atoms with E-state index in [0.29, 0.717) is 22.0 Å². The number of amides is 1. The number of anilines is 1. The summed E-state index contributed by atoms with van der Waals surface area (Å²) in [6.07, 6.45) is 0. The van der Waals surface area contributed by atoms with E-state index >= 15 is 0 Å². The highest BCUT2D eigenvalue weighted by molar-refractivity contribution is 14.1. The number of carbonyl (C=O) groups is 1. The van der Waals surface area contributed by atoms with E-state index in [2.05, 4.69) is 27.9 Å². The van der Waals surface area contributed by atoms with E-state index in [1.807, 2.05) is 6.07 Å². The van der Waals surface area contributed by atoms with E-state index in [0.717, 1.165) is 3.57 Å². The van der Waals surface area contributed by atoms with Gasteiger partial charge in [-0.05, 0) is 52.9 Å². The fourth-order valence-electron chi connectivity index (χ4n) is 1.64. The van der Waals surface area contributed by atoms with Crippen LogP contribution in [0, 0.1) is 14.9 Å². The zero-order chi connectivity index (χ0) is 15.2.